The van der Waals surface area contributed by atoms with Crippen LogP contribution in [0.5, 0.6) is 5.75 Å². The third-order valence-corrected chi connectivity index (χ3v) is 4.46. The monoisotopic (exact) mass is 419 g/mol. The number of nitrogens with one attached hydrogen (secondary N) is 1. The van der Waals surface area contributed by atoms with Gasteiger partial charge in [-0.05, 0) is 64.0 Å². The van der Waals surface area contributed by atoms with Gasteiger partial charge in [0.2, 0.25) is 5.95 Å². The molecule has 2 aromatic carbocycles. The van der Waals surface area contributed by atoms with Crippen LogP contribution in [0.1, 0.15) is 17.2 Å². The van der Waals surface area contributed by atoms with Crippen LogP contribution >= 0.6 is 15.9 Å². The maximum Gasteiger partial charge on any atom is 0.387 e. The largest absolute Gasteiger partial charge is 0.435 e. The van der Waals surface area contributed by atoms with Crippen LogP contribution in [0.2, 0.25) is 0 Å². The number of tetrazole rings is 1. The summed E-state index contributed by atoms with van der Waals surface area (Å²) in [5.41, 5.74) is 2.60. The predicted octanol–water partition coefficient (Wildman–Crippen LogP) is 4.09. The van der Waals surface area contributed by atoms with Crippen LogP contribution in [0.25, 0.3) is 5.70 Å². The van der Waals surface area contributed by atoms with E-state index in [0.717, 1.165) is 21.3 Å². The van der Waals surface area contributed by atoms with Gasteiger partial charge in [-0.25, -0.2) is 0 Å². The van der Waals surface area contributed by atoms with E-state index in [-0.39, 0.29) is 11.8 Å². The number of anilines is 1. The van der Waals surface area contributed by atoms with E-state index in [4.69, 9.17) is 0 Å². The van der Waals surface area contributed by atoms with Gasteiger partial charge in [0.1, 0.15) is 11.8 Å². The molecule has 0 radical (unpaired) electrons. The first-order valence-corrected chi connectivity index (χ1v) is 8.47. The summed E-state index contributed by atoms with van der Waals surface area (Å²) in [6, 6.07) is 14.1. The second-order valence-electron chi connectivity index (χ2n) is 5.55. The molecule has 0 saturated carbocycles. The zero-order chi connectivity index (χ0) is 18.1. The Balaban J connectivity index is 1.69. The molecule has 1 aromatic heterocycles. The summed E-state index contributed by atoms with van der Waals surface area (Å²) in [5, 5.41) is 14.9. The van der Waals surface area contributed by atoms with Gasteiger partial charge in [-0.3, -0.25) is 0 Å². The van der Waals surface area contributed by atoms with E-state index in [1.54, 1.807) is 16.8 Å². The predicted molar refractivity (Wildman–Crippen MR) is 94.8 cm³/mol. The summed E-state index contributed by atoms with van der Waals surface area (Å²) in [4.78, 5) is 0. The highest BCUT2D eigenvalue weighted by Gasteiger charge is 2.24. The van der Waals surface area contributed by atoms with Crippen molar-refractivity contribution in [1.29, 1.82) is 0 Å². The molecule has 1 N–H and O–H groups in total. The molecule has 0 spiro atoms. The van der Waals surface area contributed by atoms with E-state index in [2.05, 4.69) is 41.5 Å². The third kappa shape index (κ3) is 3.30. The molecule has 2 heterocycles. The van der Waals surface area contributed by atoms with Crippen LogP contribution in [-0.2, 0) is 0 Å². The molecule has 1 aliphatic heterocycles. The van der Waals surface area contributed by atoms with Gasteiger partial charge in [0.05, 0.1) is 0 Å². The summed E-state index contributed by atoms with van der Waals surface area (Å²) < 4.78 is 31.6. The number of hydrogen-bond acceptors (Lipinski definition) is 5. The van der Waals surface area contributed by atoms with Gasteiger partial charge in [-0.1, -0.05) is 33.2 Å². The van der Waals surface area contributed by atoms with Crippen LogP contribution in [0.3, 0.4) is 0 Å². The highest BCUT2D eigenvalue weighted by Crippen LogP contribution is 2.32. The Morgan fingerprint density at radius 1 is 1.08 bits per heavy atom. The Bertz CT molecular complexity index is 941. The van der Waals surface area contributed by atoms with Crippen molar-refractivity contribution in [3.63, 3.8) is 0 Å². The smallest absolute Gasteiger partial charge is 0.387 e. The number of hydrogen-bond donors (Lipinski definition) is 1. The van der Waals surface area contributed by atoms with E-state index in [1.807, 2.05) is 30.3 Å². The fraction of sp³-hybridized carbons (Fsp3) is 0.118. The standard InChI is InChI=1S/C17H12BrF2N5O/c18-12-5-1-11(2-6-12)15-9-14(21-17-22-23-24-25(15)17)10-3-7-13(8-4-10)26-16(19)20/h1-9,15-16H,(H,21,22,24)/t15-/m0/s1. The van der Waals surface area contributed by atoms with Crippen molar-refractivity contribution in [3.8, 4) is 5.75 Å². The van der Waals surface area contributed by atoms with Gasteiger partial charge in [-0.2, -0.15) is 13.5 Å². The maximum absolute atomic E-state index is 12.3. The molecule has 9 heteroatoms. The molecule has 4 rings (SSSR count). The van der Waals surface area contributed by atoms with Crippen molar-refractivity contribution in [2.24, 2.45) is 0 Å². The first kappa shape index (κ1) is 16.6. The summed E-state index contributed by atoms with van der Waals surface area (Å²) >= 11 is 3.43. The number of allylic oxidation sites excluding steroid dienone is 1. The van der Waals surface area contributed by atoms with Crippen molar-refractivity contribution in [2.45, 2.75) is 12.7 Å². The van der Waals surface area contributed by atoms with Crippen LogP contribution in [0.15, 0.2) is 59.1 Å². The second kappa shape index (κ2) is 6.83. The van der Waals surface area contributed by atoms with Gasteiger partial charge in [0.25, 0.3) is 0 Å². The maximum atomic E-state index is 12.3. The average molecular weight is 420 g/mol. The molecule has 26 heavy (non-hydrogen) atoms. The Hall–Kier alpha value is -2.81. The van der Waals surface area contributed by atoms with Crippen molar-refractivity contribution < 1.29 is 13.5 Å². The normalized spacial score (nSPS) is 16.0. The number of aromatic nitrogens is 4. The van der Waals surface area contributed by atoms with E-state index < -0.39 is 6.61 Å². The number of alkyl halides is 2. The van der Waals surface area contributed by atoms with Gasteiger partial charge >= 0.3 is 6.61 Å². The van der Waals surface area contributed by atoms with Crippen molar-refractivity contribution in [2.75, 3.05) is 5.32 Å². The molecule has 1 aliphatic rings. The number of fused-ring (bicyclic) bond motifs is 1. The topological polar surface area (TPSA) is 64.9 Å². The van der Waals surface area contributed by atoms with Gasteiger partial charge < -0.3 is 10.1 Å². The van der Waals surface area contributed by atoms with Crippen LogP contribution in [0.4, 0.5) is 14.7 Å². The Kier molecular flexibility index (Phi) is 4.37. The Morgan fingerprint density at radius 2 is 1.81 bits per heavy atom. The lowest BCUT2D eigenvalue weighted by molar-refractivity contribution is -0.0498. The molecule has 0 aliphatic carbocycles. The fourth-order valence-corrected chi connectivity index (χ4v) is 3.00. The van der Waals surface area contributed by atoms with Crippen molar-refractivity contribution in [3.05, 3.63) is 70.2 Å². The highest BCUT2D eigenvalue weighted by molar-refractivity contribution is 9.10. The first-order chi connectivity index (χ1) is 12.6. The van der Waals surface area contributed by atoms with Crippen LogP contribution < -0.4 is 10.1 Å². The number of benzene rings is 2. The van der Waals surface area contributed by atoms with Crippen molar-refractivity contribution in [1.82, 2.24) is 20.2 Å². The molecule has 0 fully saturated rings. The fourth-order valence-electron chi connectivity index (χ4n) is 2.74. The molecule has 1 atom stereocenters. The minimum atomic E-state index is -2.85. The molecule has 0 unspecified atom stereocenters. The van der Waals surface area contributed by atoms with E-state index in [0.29, 0.717) is 5.95 Å². The second-order valence-corrected chi connectivity index (χ2v) is 6.47. The summed E-state index contributed by atoms with van der Waals surface area (Å²) in [5.74, 6) is 0.609. The molecule has 0 amide bonds. The highest BCUT2D eigenvalue weighted by atomic mass is 79.9. The van der Waals surface area contributed by atoms with Crippen molar-refractivity contribution >= 4 is 27.6 Å². The molecule has 6 nitrogen and oxygen atoms in total. The zero-order valence-electron chi connectivity index (χ0n) is 13.2. The molecular formula is C17H12BrF2N5O. The summed E-state index contributed by atoms with van der Waals surface area (Å²) in [6.07, 6.45) is 1.98. The lowest BCUT2D eigenvalue weighted by atomic mass is 10.0. The Morgan fingerprint density at radius 3 is 2.50 bits per heavy atom. The van der Waals surface area contributed by atoms with Gasteiger partial charge in [0.15, 0.2) is 0 Å². The SMILES string of the molecule is FC(F)Oc1ccc(C2=C[C@@H](c3ccc(Br)cc3)n3nnnc3N2)cc1. The molecular weight excluding hydrogens is 408 g/mol. The van der Waals surface area contributed by atoms with E-state index in [1.165, 1.54) is 12.1 Å². The number of halogens is 3. The summed E-state index contributed by atoms with van der Waals surface area (Å²) in [6.45, 7) is -2.85. The molecule has 132 valence electrons. The minimum absolute atomic E-state index is 0.106. The quantitative estimate of drug-likeness (QED) is 0.689. The van der Waals surface area contributed by atoms with Crippen LogP contribution in [-0.4, -0.2) is 26.8 Å². The number of ether oxygens (including phenoxy) is 1. The van der Waals surface area contributed by atoms with E-state index in [9.17, 15) is 8.78 Å². The van der Waals surface area contributed by atoms with Gasteiger partial charge in [0, 0.05) is 10.2 Å². The molecule has 3 aromatic rings. The van der Waals surface area contributed by atoms with E-state index >= 15 is 0 Å². The number of nitrogens with zero attached hydrogens (tertiary/aromatic N) is 4. The summed E-state index contributed by atoms with van der Waals surface area (Å²) in [7, 11) is 0. The lowest BCUT2D eigenvalue weighted by Crippen LogP contribution is -2.20. The first-order valence-electron chi connectivity index (χ1n) is 7.67. The molecule has 0 saturated heterocycles. The van der Waals surface area contributed by atoms with Crippen LogP contribution in [0, 0.1) is 0 Å². The number of rotatable bonds is 4. The Labute approximate surface area is 155 Å². The van der Waals surface area contributed by atoms with Gasteiger partial charge in [-0.15, -0.1) is 0 Å². The lowest BCUT2D eigenvalue weighted by Gasteiger charge is -2.23. The molecule has 0 bridgehead atoms. The average Bonchev–Trinajstić information content (AvgIpc) is 3.10. The minimum Gasteiger partial charge on any atom is -0.435 e. The zero-order valence-corrected chi connectivity index (χ0v) is 14.8. The third-order valence-electron chi connectivity index (χ3n) is 3.93.